The molecular formula is C8H8N4OS. The Hall–Kier alpha value is -1.56. The number of Topliss-reactive ketones (excluding diaryl/α,β-unsaturated/α-hetero) is 1. The number of nitrogens with one attached hydrogen (secondary N) is 2. The highest BCUT2D eigenvalue weighted by molar-refractivity contribution is 7.99. The minimum atomic E-state index is 0.0522. The molecule has 72 valence electrons. The van der Waals surface area contributed by atoms with Crippen LogP contribution in [-0.2, 0) is 0 Å². The van der Waals surface area contributed by atoms with Gasteiger partial charge in [-0.15, -0.1) is 0 Å². The Balaban J connectivity index is 1.90. The summed E-state index contributed by atoms with van der Waals surface area (Å²) < 4.78 is 0. The SMILES string of the molecule is O=C(CSc1ncn[nH]1)c1ccc[nH]1. The second kappa shape index (κ2) is 4.10. The third-order valence-electron chi connectivity index (χ3n) is 1.63. The average Bonchev–Trinajstić information content (AvgIpc) is 2.87. The largest absolute Gasteiger partial charge is 0.359 e. The number of H-pyrrole nitrogens is 2. The van der Waals surface area contributed by atoms with Crippen molar-refractivity contribution < 1.29 is 4.79 Å². The predicted octanol–water partition coefficient (Wildman–Crippen LogP) is 1.11. The second-order valence-electron chi connectivity index (χ2n) is 2.59. The van der Waals surface area contributed by atoms with E-state index in [-0.39, 0.29) is 5.78 Å². The van der Waals surface area contributed by atoms with E-state index in [1.54, 1.807) is 18.3 Å². The van der Waals surface area contributed by atoms with Gasteiger partial charge in [0.25, 0.3) is 0 Å². The average molecular weight is 208 g/mol. The fourth-order valence-corrected chi connectivity index (χ4v) is 1.64. The van der Waals surface area contributed by atoms with E-state index in [2.05, 4.69) is 20.2 Å². The number of carbonyl (C=O) groups excluding carboxylic acids is 1. The molecular weight excluding hydrogens is 200 g/mol. The lowest BCUT2D eigenvalue weighted by atomic mass is 10.3. The first kappa shape index (κ1) is 9.01. The van der Waals surface area contributed by atoms with Crippen LogP contribution in [0.3, 0.4) is 0 Å². The van der Waals surface area contributed by atoms with Crippen molar-refractivity contribution in [1.29, 1.82) is 0 Å². The molecule has 2 aromatic heterocycles. The Morgan fingerprint density at radius 1 is 1.57 bits per heavy atom. The number of hydrogen-bond acceptors (Lipinski definition) is 4. The lowest BCUT2D eigenvalue weighted by Gasteiger charge is -1.94. The lowest BCUT2D eigenvalue weighted by molar-refractivity contribution is 0.101. The standard InChI is InChI=1S/C8H8N4OS/c13-7(6-2-1-3-9-6)4-14-8-10-5-11-12-8/h1-3,5,9H,4H2,(H,10,11,12). The molecule has 0 spiro atoms. The van der Waals surface area contributed by atoms with E-state index in [0.717, 1.165) is 0 Å². The zero-order valence-electron chi connectivity index (χ0n) is 7.23. The molecule has 0 aliphatic heterocycles. The summed E-state index contributed by atoms with van der Waals surface area (Å²) in [5.74, 6) is 0.409. The first-order valence-electron chi connectivity index (χ1n) is 4.01. The van der Waals surface area contributed by atoms with Gasteiger partial charge in [-0.25, -0.2) is 4.98 Å². The number of nitrogens with zero attached hydrogens (tertiary/aromatic N) is 2. The molecule has 0 bridgehead atoms. The molecule has 0 aromatic carbocycles. The Bertz CT molecular complexity index is 395. The van der Waals surface area contributed by atoms with E-state index in [1.807, 2.05) is 0 Å². The molecule has 5 nitrogen and oxygen atoms in total. The molecule has 2 rings (SSSR count). The quantitative estimate of drug-likeness (QED) is 0.583. The van der Waals surface area contributed by atoms with Crippen molar-refractivity contribution in [2.75, 3.05) is 5.75 Å². The van der Waals surface area contributed by atoms with E-state index in [9.17, 15) is 4.79 Å². The molecule has 14 heavy (non-hydrogen) atoms. The van der Waals surface area contributed by atoms with Gasteiger partial charge in [0, 0.05) is 6.20 Å². The first-order valence-corrected chi connectivity index (χ1v) is 4.99. The molecule has 6 heteroatoms. The van der Waals surface area contributed by atoms with Gasteiger partial charge in [0.1, 0.15) is 6.33 Å². The van der Waals surface area contributed by atoms with Crippen molar-refractivity contribution in [3.8, 4) is 0 Å². The van der Waals surface area contributed by atoms with Crippen LogP contribution in [-0.4, -0.2) is 31.7 Å². The minimum absolute atomic E-state index is 0.0522. The highest BCUT2D eigenvalue weighted by atomic mass is 32.2. The third kappa shape index (κ3) is 2.02. The summed E-state index contributed by atoms with van der Waals surface area (Å²) in [5.41, 5.74) is 0.622. The number of rotatable bonds is 4. The van der Waals surface area contributed by atoms with Gasteiger partial charge in [0.15, 0.2) is 10.9 Å². The highest BCUT2D eigenvalue weighted by Gasteiger charge is 2.07. The monoisotopic (exact) mass is 208 g/mol. The van der Waals surface area contributed by atoms with Crippen LogP contribution >= 0.6 is 11.8 Å². The van der Waals surface area contributed by atoms with Crippen LogP contribution in [0.2, 0.25) is 0 Å². The van der Waals surface area contributed by atoms with Crippen LogP contribution in [0.4, 0.5) is 0 Å². The molecule has 2 N–H and O–H groups in total. The summed E-state index contributed by atoms with van der Waals surface area (Å²) in [4.78, 5) is 18.2. The summed E-state index contributed by atoms with van der Waals surface area (Å²) in [6, 6.07) is 3.55. The molecule has 0 aliphatic rings. The number of thioether (sulfide) groups is 1. The van der Waals surface area contributed by atoms with Gasteiger partial charge in [-0.2, -0.15) is 5.10 Å². The molecule has 0 saturated heterocycles. The van der Waals surface area contributed by atoms with E-state index < -0.39 is 0 Å². The Morgan fingerprint density at radius 2 is 2.50 bits per heavy atom. The van der Waals surface area contributed by atoms with Gasteiger partial charge in [0.05, 0.1) is 11.4 Å². The van der Waals surface area contributed by atoms with Gasteiger partial charge in [-0.1, -0.05) is 11.8 Å². The smallest absolute Gasteiger partial charge is 0.189 e. The van der Waals surface area contributed by atoms with E-state index in [1.165, 1.54) is 18.1 Å². The maximum absolute atomic E-state index is 11.5. The fourth-order valence-electron chi connectivity index (χ4n) is 0.979. The topological polar surface area (TPSA) is 74.4 Å². The highest BCUT2D eigenvalue weighted by Crippen LogP contribution is 2.12. The summed E-state index contributed by atoms with van der Waals surface area (Å²) in [6.07, 6.45) is 3.15. The Labute approximate surface area is 84.3 Å². The lowest BCUT2D eigenvalue weighted by Crippen LogP contribution is -2.02. The predicted molar refractivity (Wildman–Crippen MR) is 52.2 cm³/mol. The van der Waals surface area contributed by atoms with Gasteiger partial charge in [-0.05, 0) is 12.1 Å². The van der Waals surface area contributed by atoms with E-state index in [4.69, 9.17) is 0 Å². The molecule has 0 saturated carbocycles. The number of aromatic amines is 2. The van der Waals surface area contributed by atoms with Crippen LogP contribution in [0.1, 0.15) is 10.5 Å². The maximum Gasteiger partial charge on any atom is 0.189 e. The molecule has 0 aliphatic carbocycles. The Kier molecular flexibility index (Phi) is 2.64. The van der Waals surface area contributed by atoms with Crippen molar-refractivity contribution in [1.82, 2.24) is 20.2 Å². The van der Waals surface area contributed by atoms with Crippen molar-refractivity contribution in [3.63, 3.8) is 0 Å². The van der Waals surface area contributed by atoms with Gasteiger partial charge < -0.3 is 4.98 Å². The van der Waals surface area contributed by atoms with Crippen LogP contribution in [0, 0.1) is 0 Å². The summed E-state index contributed by atoms with van der Waals surface area (Å²) >= 11 is 1.33. The number of hydrogen-bond donors (Lipinski definition) is 2. The van der Waals surface area contributed by atoms with Gasteiger partial charge in [0.2, 0.25) is 0 Å². The second-order valence-corrected chi connectivity index (χ2v) is 3.55. The number of ketones is 1. The molecule has 2 aromatic rings. The zero-order valence-corrected chi connectivity index (χ0v) is 8.04. The van der Waals surface area contributed by atoms with Crippen molar-refractivity contribution in [3.05, 3.63) is 30.4 Å². The first-order chi connectivity index (χ1) is 6.86. The molecule has 0 amide bonds. The van der Waals surface area contributed by atoms with Crippen molar-refractivity contribution in [2.45, 2.75) is 5.16 Å². The maximum atomic E-state index is 11.5. The fraction of sp³-hybridized carbons (Fsp3) is 0.125. The van der Waals surface area contributed by atoms with Crippen LogP contribution in [0.5, 0.6) is 0 Å². The zero-order chi connectivity index (χ0) is 9.80. The minimum Gasteiger partial charge on any atom is -0.359 e. The molecule has 2 heterocycles. The normalized spacial score (nSPS) is 10.3. The van der Waals surface area contributed by atoms with Gasteiger partial charge >= 0.3 is 0 Å². The summed E-state index contributed by atoms with van der Waals surface area (Å²) in [6.45, 7) is 0. The molecule has 0 fully saturated rings. The van der Waals surface area contributed by atoms with Crippen molar-refractivity contribution in [2.24, 2.45) is 0 Å². The molecule has 0 unspecified atom stereocenters. The number of aromatic nitrogens is 4. The molecule has 0 atom stereocenters. The van der Waals surface area contributed by atoms with Crippen LogP contribution in [0.15, 0.2) is 29.8 Å². The van der Waals surface area contributed by atoms with Crippen LogP contribution < -0.4 is 0 Å². The van der Waals surface area contributed by atoms with Gasteiger partial charge in [-0.3, -0.25) is 9.89 Å². The summed E-state index contributed by atoms with van der Waals surface area (Å²) in [7, 11) is 0. The number of carbonyl (C=O) groups is 1. The summed E-state index contributed by atoms with van der Waals surface area (Å²) in [5, 5.41) is 7.02. The third-order valence-corrected chi connectivity index (χ3v) is 2.51. The van der Waals surface area contributed by atoms with Crippen LogP contribution in [0.25, 0.3) is 0 Å². The molecule has 0 radical (unpaired) electrons. The Morgan fingerprint density at radius 3 is 3.14 bits per heavy atom. The van der Waals surface area contributed by atoms with Crippen molar-refractivity contribution >= 4 is 17.5 Å². The van der Waals surface area contributed by atoms with E-state index >= 15 is 0 Å². The van der Waals surface area contributed by atoms with E-state index in [0.29, 0.717) is 16.6 Å².